The number of hydrogen-bond acceptors (Lipinski definition) is 6. The molecule has 2 atom stereocenters. The number of hydrogen-bond donors (Lipinski definition) is 2. The van der Waals surface area contributed by atoms with Gasteiger partial charge in [-0.25, -0.2) is 8.78 Å². The van der Waals surface area contributed by atoms with Crippen molar-refractivity contribution in [2.24, 2.45) is 0 Å². The number of aromatic amines is 1. The molecular formula is C31H34F5N5O3. The lowest BCUT2D eigenvalue weighted by molar-refractivity contribution is -0.155. The summed E-state index contributed by atoms with van der Waals surface area (Å²) in [6, 6.07) is 3.41. The van der Waals surface area contributed by atoms with Crippen LogP contribution in [-0.2, 0) is 16.0 Å². The van der Waals surface area contributed by atoms with Gasteiger partial charge in [0.1, 0.15) is 24.0 Å². The zero-order chi connectivity index (χ0) is 31.1. The molecule has 1 amide bonds. The van der Waals surface area contributed by atoms with E-state index < -0.39 is 47.5 Å². The third kappa shape index (κ3) is 6.45. The number of rotatable bonds is 9. The molecule has 13 heteroatoms. The number of nitrogens with zero attached hydrogens (tertiary/aromatic N) is 3. The van der Waals surface area contributed by atoms with E-state index in [4.69, 9.17) is 9.47 Å². The summed E-state index contributed by atoms with van der Waals surface area (Å²) in [5.74, 6) is -2.09. The number of fused-ring (bicyclic) bond motifs is 3. The normalized spacial score (nSPS) is 22.0. The SMILES string of the molecule is C[C@@H]1Cc2c(ccc3[nH]ncc23)[C@@H](c2c(F)cc(OCC3(NC/C=C/C(=O)N4CCOCC4)CC3)cc2F)N1CC(F)(F)F. The van der Waals surface area contributed by atoms with Crippen LogP contribution in [0.5, 0.6) is 5.75 Å². The molecule has 3 aliphatic rings. The maximum Gasteiger partial charge on any atom is 0.401 e. The second-order valence-corrected chi connectivity index (χ2v) is 11.8. The van der Waals surface area contributed by atoms with Gasteiger partial charge in [0, 0.05) is 54.8 Å². The van der Waals surface area contributed by atoms with Crippen LogP contribution in [0.4, 0.5) is 22.0 Å². The average Bonchev–Trinajstić information content (AvgIpc) is 3.58. The number of amides is 1. The molecule has 0 radical (unpaired) electrons. The highest BCUT2D eigenvalue weighted by atomic mass is 19.4. The Hall–Kier alpha value is -3.55. The van der Waals surface area contributed by atoms with Gasteiger partial charge in [-0.3, -0.25) is 14.8 Å². The molecule has 8 nitrogen and oxygen atoms in total. The van der Waals surface area contributed by atoms with Crippen LogP contribution in [0.15, 0.2) is 42.6 Å². The Morgan fingerprint density at radius 2 is 1.93 bits per heavy atom. The van der Waals surface area contributed by atoms with E-state index in [1.807, 2.05) is 0 Å². The van der Waals surface area contributed by atoms with E-state index in [1.165, 1.54) is 6.08 Å². The van der Waals surface area contributed by atoms with Crippen LogP contribution in [0.1, 0.15) is 42.5 Å². The first kappa shape index (κ1) is 30.5. The van der Waals surface area contributed by atoms with Crippen molar-refractivity contribution in [3.8, 4) is 5.75 Å². The number of H-pyrrole nitrogens is 1. The molecule has 1 aliphatic carbocycles. The van der Waals surface area contributed by atoms with E-state index in [0.29, 0.717) is 54.9 Å². The number of carbonyl (C=O) groups excluding carboxylic acids is 1. The lowest BCUT2D eigenvalue weighted by Crippen LogP contribution is -2.47. The predicted molar refractivity (Wildman–Crippen MR) is 152 cm³/mol. The molecule has 1 saturated heterocycles. The van der Waals surface area contributed by atoms with Gasteiger partial charge in [-0.15, -0.1) is 0 Å². The van der Waals surface area contributed by atoms with Gasteiger partial charge in [0.05, 0.1) is 43.1 Å². The van der Waals surface area contributed by atoms with Crippen LogP contribution in [0.2, 0.25) is 0 Å². The van der Waals surface area contributed by atoms with Gasteiger partial charge in [0.2, 0.25) is 5.91 Å². The lowest BCUT2D eigenvalue weighted by Gasteiger charge is -2.42. The summed E-state index contributed by atoms with van der Waals surface area (Å²) < 4.78 is 83.7. The molecule has 1 aromatic heterocycles. The Bertz CT molecular complexity index is 1520. The highest BCUT2D eigenvalue weighted by Crippen LogP contribution is 2.44. The maximum atomic E-state index is 15.8. The van der Waals surface area contributed by atoms with Crippen molar-refractivity contribution in [3.05, 3.63) is 70.9 Å². The van der Waals surface area contributed by atoms with Crippen LogP contribution in [0.3, 0.4) is 0 Å². The van der Waals surface area contributed by atoms with Crippen molar-refractivity contribution in [1.29, 1.82) is 0 Å². The zero-order valence-corrected chi connectivity index (χ0v) is 24.2. The van der Waals surface area contributed by atoms with E-state index in [-0.39, 0.29) is 24.7 Å². The van der Waals surface area contributed by atoms with Gasteiger partial charge in [-0.2, -0.15) is 18.3 Å². The van der Waals surface area contributed by atoms with Crippen molar-refractivity contribution in [2.45, 2.75) is 50.0 Å². The molecule has 0 spiro atoms. The Kier molecular flexibility index (Phi) is 8.38. The highest BCUT2D eigenvalue weighted by Gasteiger charge is 2.44. The van der Waals surface area contributed by atoms with Crippen LogP contribution in [0, 0.1) is 11.6 Å². The van der Waals surface area contributed by atoms with Gasteiger partial charge in [-0.1, -0.05) is 12.1 Å². The van der Waals surface area contributed by atoms with Crippen LogP contribution < -0.4 is 10.1 Å². The van der Waals surface area contributed by atoms with Gasteiger partial charge >= 0.3 is 6.18 Å². The molecule has 0 bridgehead atoms. The van der Waals surface area contributed by atoms with Gasteiger partial charge in [-0.05, 0) is 43.4 Å². The smallest absolute Gasteiger partial charge is 0.401 e. The standard InChI is InChI=1S/C31H34F5N5O3/c1-19-13-22-21(4-5-26-23(22)16-38-39-26)29(41(19)17-31(34,35)36)28-24(32)14-20(15-25(28)33)44-18-30(6-7-30)37-8-2-3-27(42)40-9-11-43-12-10-40/h2-5,14-16,19,29,37H,6-13,17-18H2,1H3,(H,38,39)/b3-2+/t19-,29+/m1/s1. The van der Waals surface area contributed by atoms with Crippen LogP contribution in [-0.4, -0.2) is 89.7 Å². The summed E-state index contributed by atoms with van der Waals surface area (Å²) in [7, 11) is 0. The summed E-state index contributed by atoms with van der Waals surface area (Å²) in [5, 5.41) is 10.9. The van der Waals surface area contributed by atoms with E-state index in [0.717, 1.165) is 29.9 Å². The topological polar surface area (TPSA) is 82.7 Å². The summed E-state index contributed by atoms with van der Waals surface area (Å²) in [6.07, 6.45) is 2.10. The van der Waals surface area contributed by atoms with Crippen molar-refractivity contribution in [3.63, 3.8) is 0 Å². The van der Waals surface area contributed by atoms with Crippen molar-refractivity contribution >= 4 is 16.8 Å². The zero-order valence-electron chi connectivity index (χ0n) is 24.2. The second kappa shape index (κ2) is 12.1. The first-order valence-electron chi connectivity index (χ1n) is 14.7. The van der Waals surface area contributed by atoms with Gasteiger partial charge in [0.25, 0.3) is 0 Å². The van der Waals surface area contributed by atoms with E-state index in [1.54, 1.807) is 36.2 Å². The monoisotopic (exact) mass is 619 g/mol. The minimum atomic E-state index is -4.57. The summed E-state index contributed by atoms with van der Waals surface area (Å²) in [6.45, 7) is 3.02. The highest BCUT2D eigenvalue weighted by molar-refractivity contribution is 5.87. The number of benzene rings is 2. The van der Waals surface area contributed by atoms with Crippen molar-refractivity contribution in [1.82, 2.24) is 25.3 Å². The number of alkyl halides is 3. The fraction of sp³-hybridized carbons (Fsp3) is 0.484. The number of ether oxygens (including phenoxy) is 2. The number of aromatic nitrogens is 2. The van der Waals surface area contributed by atoms with Gasteiger partial charge < -0.3 is 19.7 Å². The summed E-state index contributed by atoms with van der Waals surface area (Å²) >= 11 is 0. The van der Waals surface area contributed by atoms with E-state index in [2.05, 4.69) is 15.5 Å². The molecule has 2 N–H and O–H groups in total. The fourth-order valence-corrected chi connectivity index (χ4v) is 6.17. The number of carbonyl (C=O) groups is 1. The predicted octanol–water partition coefficient (Wildman–Crippen LogP) is 4.66. The lowest BCUT2D eigenvalue weighted by atomic mass is 9.83. The van der Waals surface area contributed by atoms with Crippen molar-refractivity contribution < 1.29 is 36.2 Å². The molecule has 3 aromatic rings. The number of morpholine rings is 1. The summed E-state index contributed by atoms with van der Waals surface area (Å²) in [4.78, 5) is 15.1. The van der Waals surface area contributed by atoms with E-state index >= 15 is 8.78 Å². The average molecular weight is 620 g/mol. The first-order chi connectivity index (χ1) is 21.0. The quantitative estimate of drug-likeness (QED) is 0.268. The molecule has 0 unspecified atom stereocenters. The number of halogens is 5. The molecule has 6 rings (SSSR count). The minimum Gasteiger partial charge on any atom is -0.491 e. The third-order valence-corrected chi connectivity index (χ3v) is 8.70. The third-order valence-electron chi connectivity index (χ3n) is 8.70. The van der Waals surface area contributed by atoms with Crippen molar-refractivity contribution in [2.75, 3.05) is 46.0 Å². The van der Waals surface area contributed by atoms with Crippen LogP contribution >= 0.6 is 0 Å². The Labute approximate surface area is 251 Å². The summed E-state index contributed by atoms with van der Waals surface area (Å²) in [5.41, 5.74) is 0.981. The molecule has 236 valence electrons. The Morgan fingerprint density at radius 1 is 1.20 bits per heavy atom. The first-order valence-corrected chi connectivity index (χ1v) is 14.7. The fourth-order valence-electron chi connectivity index (χ4n) is 6.17. The van der Waals surface area contributed by atoms with E-state index in [9.17, 15) is 18.0 Å². The molecule has 2 aliphatic heterocycles. The maximum absolute atomic E-state index is 15.8. The molecule has 44 heavy (non-hydrogen) atoms. The molecule has 3 heterocycles. The minimum absolute atomic E-state index is 0.0494. The van der Waals surface area contributed by atoms with Gasteiger partial charge in [0.15, 0.2) is 0 Å². The number of nitrogens with one attached hydrogen (secondary N) is 2. The molecule has 1 saturated carbocycles. The Morgan fingerprint density at radius 3 is 2.61 bits per heavy atom. The van der Waals surface area contributed by atoms with Crippen LogP contribution in [0.25, 0.3) is 10.9 Å². The molecule has 2 fully saturated rings. The second-order valence-electron chi connectivity index (χ2n) is 11.8. The molecule has 2 aromatic carbocycles. The Balaban J connectivity index is 1.18. The molecular weight excluding hydrogens is 585 g/mol. The largest absolute Gasteiger partial charge is 0.491 e.